The first-order chi connectivity index (χ1) is 10.2. The van der Waals surface area contributed by atoms with Crippen molar-refractivity contribution < 1.29 is 9.53 Å². The molecule has 0 aromatic heterocycles. The van der Waals surface area contributed by atoms with Crippen LogP contribution < -0.4 is 0 Å². The minimum absolute atomic E-state index is 0.182. The number of benzene rings is 1. The third-order valence-electron chi connectivity index (χ3n) is 4.33. The van der Waals surface area contributed by atoms with Crippen molar-refractivity contribution in [1.82, 2.24) is 9.80 Å². The molecule has 0 aliphatic carbocycles. The molecule has 0 radical (unpaired) electrons. The predicted octanol–water partition coefficient (Wildman–Crippen LogP) is 1.82. The number of hydrogen-bond acceptors (Lipinski definition) is 3. The standard InChI is InChI=1S/C17H24N2O2/c1-14-5-4-6-15(11-14)12-18-9-10-21-16(13-18)17(20)19-7-2-3-8-19/h4-6,11,16H,2-3,7-10,12-13H2,1H3. The molecule has 0 saturated carbocycles. The molecule has 1 aromatic rings. The van der Waals surface area contributed by atoms with E-state index in [1.807, 2.05) is 4.90 Å². The number of aryl methyl sites for hydroxylation is 1. The van der Waals surface area contributed by atoms with Gasteiger partial charge in [0.05, 0.1) is 6.61 Å². The predicted molar refractivity (Wildman–Crippen MR) is 82.0 cm³/mol. The number of carbonyl (C=O) groups is 1. The van der Waals surface area contributed by atoms with Crippen LogP contribution in [0.15, 0.2) is 24.3 Å². The summed E-state index contributed by atoms with van der Waals surface area (Å²) in [5.41, 5.74) is 2.59. The van der Waals surface area contributed by atoms with E-state index in [2.05, 4.69) is 36.1 Å². The maximum absolute atomic E-state index is 12.4. The topological polar surface area (TPSA) is 32.8 Å². The fraction of sp³-hybridized carbons (Fsp3) is 0.588. The molecule has 2 saturated heterocycles. The number of nitrogens with zero attached hydrogens (tertiary/aromatic N) is 2. The molecule has 2 aliphatic rings. The molecule has 114 valence electrons. The number of morpholine rings is 1. The number of rotatable bonds is 3. The molecule has 0 spiro atoms. The van der Waals surface area contributed by atoms with Gasteiger partial charge in [-0.3, -0.25) is 9.69 Å². The first-order valence-corrected chi connectivity index (χ1v) is 7.91. The van der Waals surface area contributed by atoms with Crippen LogP contribution in [0.2, 0.25) is 0 Å². The van der Waals surface area contributed by atoms with Crippen molar-refractivity contribution in [1.29, 1.82) is 0 Å². The van der Waals surface area contributed by atoms with Gasteiger partial charge in [-0.1, -0.05) is 29.8 Å². The second kappa shape index (κ2) is 6.58. The number of ether oxygens (including phenoxy) is 1. The molecule has 4 nitrogen and oxygen atoms in total. The molecule has 1 atom stereocenters. The fourth-order valence-electron chi connectivity index (χ4n) is 3.21. The molecule has 4 heteroatoms. The molecule has 0 bridgehead atoms. The Morgan fingerprint density at radius 2 is 2.10 bits per heavy atom. The number of carbonyl (C=O) groups excluding carboxylic acids is 1. The molecule has 21 heavy (non-hydrogen) atoms. The van der Waals surface area contributed by atoms with Crippen LogP contribution >= 0.6 is 0 Å². The van der Waals surface area contributed by atoms with E-state index in [9.17, 15) is 4.79 Å². The molecule has 1 amide bonds. The monoisotopic (exact) mass is 288 g/mol. The van der Waals surface area contributed by atoms with Crippen LogP contribution in [0.5, 0.6) is 0 Å². The Morgan fingerprint density at radius 3 is 2.86 bits per heavy atom. The van der Waals surface area contributed by atoms with Crippen LogP contribution in [0, 0.1) is 6.92 Å². The first-order valence-electron chi connectivity index (χ1n) is 7.91. The number of likely N-dealkylation sites (tertiary alicyclic amines) is 1. The summed E-state index contributed by atoms with van der Waals surface area (Å²) in [5, 5.41) is 0. The Hall–Kier alpha value is -1.39. The summed E-state index contributed by atoms with van der Waals surface area (Å²) in [6.07, 6.45) is 1.98. The van der Waals surface area contributed by atoms with Gasteiger partial charge in [0, 0.05) is 32.7 Å². The molecular weight excluding hydrogens is 264 g/mol. The van der Waals surface area contributed by atoms with E-state index in [0.717, 1.165) is 39.0 Å². The van der Waals surface area contributed by atoms with Crippen molar-refractivity contribution in [3.05, 3.63) is 35.4 Å². The van der Waals surface area contributed by atoms with Gasteiger partial charge in [-0.2, -0.15) is 0 Å². The fourth-order valence-corrected chi connectivity index (χ4v) is 3.21. The quantitative estimate of drug-likeness (QED) is 0.850. The van der Waals surface area contributed by atoms with Crippen molar-refractivity contribution >= 4 is 5.91 Å². The summed E-state index contributed by atoms with van der Waals surface area (Å²) >= 11 is 0. The van der Waals surface area contributed by atoms with Crippen molar-refractivity contribution in [2.45, 2.75) is 32.4 Å². The third-order valence-corrected chi connectivity index (χ3v) is 4.33. The summed E-state index contributed by atoms with van der Waals surface area (Å²) in [6, 6.07) is 8.58. The van der Waals surface area contributed by atoms with E-state index in [4.69, 9.17) is 4.74 Å². The highest BCUT2D eigenvalue weighted by Gasteiger charge is 2.31. The summed E-state index contributed by atoms with van der Waals surface area (Å²) in [5.74, 6) is 0.182. The Balaban J connectivity index is 1.59. The van der Waals surface area contributed by atoms with Gasteiger partial charge in [0.2, 0.25) is 0 Å². The molecule has 3 rings (SSSR count). The van der Waals surface area contributed by atoms with Gasteiger partial charge >= 0.3 is 0 Å². The van der Waals surface area contributed by atoms with E-state index < -0.39 is 0 Å². The second-order valence-corrected chi connectivity index (χ2v) is 6.12. The van der Waals surface area contributed by atoms with Crippen LogP contribution in [0.1, 0.15) is 24.0 Å². The van der Waals surface area contributed by atoms with Crippen LogP contribution in [0.3, 0.4) is 0 Å². The lowest BCUT2D eigenvalue weighted by molar-refractivity contribution is -0.148. The van der Waals surface area contributed by atoms with Gasteiger partial charge in [-0.05, 0) is 25.3 Å². The van der Waals surface area contributed by atoms with Gasteiger partial charge in [-0.15, -0.1) is 0 Å². The molecule has 1 unspecified atom stereocenters. The van der Waals surface area contributed by atoms with Crippen molar-refractivity contribution in [2.75, 3.05) is 32.8 Å². The van der Waals surface area contributed by atoms with Gasteiger partial charge in [0.15, 0.2) is 0 Å². The maximum Gasteiger partial charge on any atom is 0.253 e. The molecule has 2 heterocycles. The van der Waals surface area contributed by atoms with Crippen molar-refractivity contribution in [3.8, 4) is 0 Å². The zero-order valence-electron chi connectivity index (χ0n) is 12.8. The van der Waals surface area contributed by atoms with E-state index in [1.165, 1.54) is 11.1 Å². The number of amides is 1. The summed E-state index contributed by atoms with van der Waals surface area (Å²) in [6.45, 7) is 7.07. The minimum atomic E-state index is -0.276. The lowest BCUT2D eigenvalue weighted by atomic mass is 10.1. The summed E-state index contributed by atoms with van der Waals surface area (Å²) < 4.78 is 5.71. The Bertz CT molecular complexity index is 497. The normalized spacial score (nSPS) is 23.5. The minimum Gasteiger partial charge on any atom is -0.366 e. The zero-order chi connectivity index (χ0) is 14.7. The Labute approximate surface area is 126 Å². The first kappa shape index (κ1) is 14.5. The van der Waals surface area contributed by atoms with Crippen molar-refractivity contribution in [3.63, 3.8) is 0 Å². The summed E-state index contributed by atoms with van der Waals surface area (Å²) in [7, 11) is 0. The highest BCUT2D eigenvalue weighted by molar-refractivity contribution is 5.81. The second-order valence-electron chi connectivity index (χ2n) is 6.12. The zero-order valence-corrected chi connectivity index (χ0v) is 12.8. The molecule has 1 aromatic carbocycles. The smallest absolute Gasteiger partial charge is 0.253 e. The van der Waals surface area contributed by atoms with E-state index >= 15 is 0 Å². The SMILES string of the molecule is Cc1cccc(CN2CCOC(C(=O)N3CCCC3)C2)c1. The average molecular weight is 288 g/mol. The molecule has 2 aliphatic heterocycles. The van der Waals surface area contributed by atoms with Crippen LogP contribution in [0.25, 0.3) is 0 Å². The van der Waals surface area contributed by atoms with E-state index in [-0.39, 0.29) is 12.0 Å². The lowest BCUT2D eigenvalue weighted by Gasteiger charge is -2.34. The van der Waals surface area contributed by atoms with E-state index in [0.29, 0.717) is 13.2 Å². The van der Waals surface area contributed by atoms with Gasteiger partial charge < -0.3 is 9.64 Å². The Kier molecular flexibility index (Phi) is 4.56. The highest BCUT2D eigenvalue weighted by atomic mass is 16.5. The molecular formula is C17H24N2O2. The Morgan fingerprint density at radius 1 is 1.29 bits per heavy atom. The van der Waals surface area contributed by atoms with Crippen LogP contribution in [0.4, 0.5) is 0 Å². The average Bonchev–Trinajstić information content (AvgIpc) is 3.01. The van der Waals surface area contributed by atoms with Gasteiger partial charge in [0.1, 0.15) is 6.10 Å². The maximum atomic E-state index is 12.4. The highest BCUT2D eigenvalue weighted by Crippen LogP contribution is 2.16. The number of hydrogen-bond donors (Lipinski definition) is 0. The van der Waals surface area contributed by atoms with Gasteiger partial charge in [-0.25, -0.2) is 0 Å². The van der Waals surface area contributed by atoms with Crippen LogP contribution in [-0.4, -0.2) is 54.6 Å². The summed E-state index contributed by atoms with van der Waals surface area (Å²) in [4.78, 5) is 16.7. The van der Waals surface area contributed by atoms with E-state index in [1.54, 1.807) is 0 Å². The molecule has 2 fully saturated rings. The van der Waals surface area contributed by atoms with Crippen molar-refractivity contribution in [2.24, 2.45) is 0 Å². The largest absolute Gasteiger partial charge is 0.366 e. The lowest BCUT2D eigenvalue weighted by Crippen LogP contribution is -2.50. The van der Waals surface area contributed by atoms with Crippen LogP contribution in [-0.2, 0) is 16.1 Å². The third kappa shape index (κ3) is 3.63. The molecule has 0 N–H and O–H groups in total. The van der Waals surface area contributed by atoms with Gasteiger partial charge in [0.25, 0.3) is 5.91 Å².